The quantitative estimate of drug-likeness (QED) is 0.0262. The molecule has 0 N–H and O–H groups in total. The molecule has 0 heterocycles. The SMILES string of the molecule is CC/C=C\C/C=C\C/C=C\CCCCCCCC(=O)OC[C@H](COC(=O)CCCCCCCCCCCCCCCCCCCCC)OC(=O)CCCCCCCCC/C=C\C/C=C\CCCCC. The molecule has 0 amide bonds. The maximum Gasteiger partial charge on any atom is 0.306 e. The normalized spacial score (nSPS) is 12.4. The lowest BCUT2D eigenvalue weighted by atomic mass is 10.0. The summed E-state index contributed by atoms with van der Waals surface area (Å²) in [5.41, 5.74) is 0. The van der Waals surface area contributed by atoms with Crippen molar-refractivity contribution in [2.45, 2.75) is 309 Å². The van der Waals surface area contributed by atoms with Gasteiger partial charge in [0.1, 0.15) is 13.2 Å². The number of hydrogen-bond acceptors (Lipinski definition) is 6. The monoisotopic (exact) mass is 965 g/mol. The molecule has 0 aliphatic carbocycles. The van der Waals surface area contributed by atoms with Crippen molar-refractivity contribution in [2.75, 3.05) is 13.2 Å². The standard InChI is InChI=1S/C63H112O6/c1-4-7-10-13-16-19-22-25-28-30-31-33-35-38-41-44-47-50-53-56-62(65)68-59-60(58-67-61(64)55-52-49-46-43-40-37-34-27-24-21-18-15-12-9-6-3)69-63(66)57-54-51-48-45-42-39-36-32-29-26-23-20-17-14-11-8-5-2/h9,12,17-18,20-21,26-27,29,34,60H,4-8,10-11,13-16,19,22-25,28,30-33,35-59H2,1-3H3/b12-9-,20-17-,21-18-,29-26-,34-27-/t60-/m1/s1. The summed E-state index contributed by atoms with van der Waals surface area (Å²) in [6, 6.07) is 0. The molecule has 0 radical (unpaired) electrons. The molecule has 0 aromatic heterocycles. The second-order valence-electron chi connectivity index (χ2n) is 19.9. The summed E-state index contributed by atoms with van der Waals surface area (Å²) in [5.74, 6) is -0.892. The average molecular weight is 966 g/mol. The predicted octanol–water partition coefficient (Wildman–Crippen LogP) is 20.0. The summed E-state index contributed by atoms with van der Waals surface area (Å²) < 4.78 is 16.9. The lowest BCUT2D eigenvalue weighted by Gasteiger charge is -2.18. The van der Waals surface area contributed by atoms with Gasteiger partial charge in [-0.3, -0.25) is 14.4 Å². The Morgan fingerprint density at radius 2 is 0.565 bits per heavy atom. The van der Waals surface area contributed by atoms with Crippen LogP contribution in [0.15, 0.2) is 60.8 Å². The van der Waals surface area contributed by atoms with Gasteiger partial charge in [0.15, 0.2) is 6.10 Å². The Hall–Kier alpha value is -2.89. The van der Waals surface area contributed by atoms with Crippen LogP contribution < -0.4 is 0 Å². The van der Waals surface area contributed by atoms with Crippen LogP contribution >= 0.6 is 0 Å². The van der Waals surface area contributed by atoms with Crippen molar-refractivity contribution >= 4 is 17.9 Å². The zero-order valence-corrected chi connectivity index (χ0v) is 45.8. The predicted molar refractivity (Wildman–Crippen MR) is 298 cm³/mol. The average Bonchev–Trinajstić information content (AvgIpc) is 3.35. The van der Waals surface area contributed by atoms with Crippen molar-refractivity contribution < 1.29 is 28.6 Å². The van der Waals surface area contributed by atoms with Crippen molar-refractivity contribution in [3.8, 4) is 0 Å². The Labute approximate surface area is 428 Å². The van der Waals surface area contributed by atoms with Gasteiger partial charge < -0.3 is 14.2 Å². The molecule has 1 atom stereocenters. The van der Waals surface area contributed by atoms with E-state index in [0.29, 0.717) is 19.3 Å². The fourth-order valence-corrected chi connectivity index (χ4v) is 8.55. The highest BCUT2D eigenvalue weighted by Crippen LogP contribution is 2.17. The van der Waals surface area contributed by atoms with Gasteiger partial charge in [-0.1, -0.05) is 261 Å². The van der Waals surface area contributed by atoms with Crippen LogP contribution in [0.1, 0.15) is 303 Å². The third kappa shape index (κ3) is 55.9. The number of hydrogen-bond donors (Lipinski definition) is 0. The van der Waals surface area contributed by atoms with E-state index >= 15 is 0 Å². The van der Waals surface area contributed by atoms with Crippen molar-refractivity contribution in [1.82, 2.24) is 0 Å². The molecule has 0 aliphatic heterocycles. The molecule has 0 saturated heterocycles. The van der Waals surface area contributed by atoms with Crippen LogP contribution in [0.25, 0.3) is 0 Å². The molecule has 0 spiro atoms. The van der Waals surface area contributed by atoms with Crippen LogP contribution in [0.5, 0.6) is 0 Å². The van der Waals surface area contributed by atoms with Crippen LogP contribution in [0.2, 0.25) is 0 Å². The molecule has 69 heavy (non-hydrogen) atoms. The van der Waals surface area contributed by atoms with Crippen LogP contribution in [0.3, 0.4) is 0 Å². The number of rotatable bonds is 54. The Morgan fingerprint density at radius 1 is 0.304 bits per heavy atom. The first kappa shape index (κ1) is 66.1. The molecular formula is C63H112O6. The summed E-state index contributed by atoms with van der Waals surface area (Å²) in [6.45, 7) is 6.52. The highest BCUT2D eigenvalue weighted by molar-refractivity contribution is 5.71. The van der Waals surface area contributed by atoms with E-state index in [-0.39, 0.29) is 31.1 Å². The van der Waals surface area contributed by atoms with Gasteiger partial charge in [-0.15, -0.1) is 0 Å². The summed E-state index contributed by atoms with van der Waals surface area (Å²) in [5, 5.41) is 0. The van der Waals surface area contributed by atoms with Crippen LogP contribution in [0.4, 0.5) is 0 Å². The maximum atomic E-state index is 12.9. The highest BCUT2D eigenvalue weighted by atomic mass is 16.6. The van der Waals surface area contributed by atoms with Crippen LogP contribution in [-0.4, -0.2) is 37.2 Å². The molecule has 0 rings (SSSR count). The minimum absolute atomic E-state index is 0.0804. The largest absolute Gasteiger partial charge is 0.462 e. The summed E-state index contributed by atoms with van der Waals surface area (Å²) in [7, 11) is 0. The zero-order valence-electron chi connectivity index (χ0n) is 45.8. The molecule has 6 nitrogen and oxygen atoms in total. The maximum absolute atomic E-state index is 12.9. The summed E-state index contributed by atoms with van der Waals surface area (Å²) >= 11 is 0. The van der Waals surface area contributed by atoms with Gasteiger partial charge in [0.25, 0.3) is 0 Å². The first-order chi connectivity index (χ1) is 34.0. The van der Waals surface area contributed by atoms with Gasteiger partial charge in [0, 0.05) is 19.3 Å². The Balaban J connectivity index is 4.37. The van der Waals surface area contributed by atoms with Gasteiger partial charge in [0.2, 0.25) is 0 Å². The van der Waals surface area contributed by atoms with E-state index in [2.05, 4.69) is 81.5 Å². The van der Waals surface area contributed by atoms with E-state index in [1.165, 1.54) is 154 Å². The van der Waals surface area contributed by atoms with Gasteiger partial charge in [-0.2, -0.15) is 0 Å². The molecule has 0 aromatic rings. The fraction of sp³-hybridized carbons (Fsp3) is 0.794. The molecule has 0 aromatic carbocycles. The smallest absolute Gasteiger partial charge is 0.306 e. The van der Waals surface area contributed by atoms with Crippen molar-refractivity contribution in [2.24, 2.45) is 0 Å². The molecule has 0 aliphatic rings. The molecule has 0 unspecified atom stereocenters. The minimum atomic E-state index is -0.784. The van der Waals surface area contributed by atoms with Gasteiger partial charge in [0.05, 0.1) is 0 Å². The van der Waals surface area contributed by atoms with Crippen molar-refractivity contribution in [3.63, 3.8) is 0 Å². The molecule has 0 fully saturated rings. The van der Waals surface area contributed by atoms with Crippen molar-refractivity contribution in [1.29, 1.82) is 0 Å². The highest BCUT2D eigenvalue weighted by Gasteiger charge is 2.19. The number of ether oxygens (including phenoxy) is 3. The van der Waals surface area contributed by atoms with E-state index in [1.807, 2.05) is 0 Å². The first-order valence-corrected chi connectivity index (χ1v) is 29.8. The molecule has 0 bridgehead atoms. The van der Waals surface area contributed by atoms with E-state index in [9.17, 15) is 14.4 Å². The van der Waals surface area contributed by atoms with Gasteiger partial charge in [-0.25, -0.2) is 0 Å². The Bertz CT molecular complexity index is 1250. The third-order valence-corrected chi connectivity index (χ3v) is 13.0. The first-order valence-electron chi connectivity index (χ1n) is 29.8. The van der Waals surface area contributed by atoms with E-state index in [1.54, 1.807) is 0 Å². The van der Waals surface area contributed by atoms with Crippen LogP contribution in [-0.2, 0) is 28.6 Å². The van der Waals surface area contributed by atoms with Gasteiger partial charge in [-0.05, 0) is 83.5 Å². The molecular weight excluding hydrogens is 853 g/mol. The summed E-state index contributed by atoms with van der Waals surface area (Å²) in [6.07, 6.45) is 72.1. The minimum Gasteiger partial charge on any atom is -0.462 e. The molecule has 400 valence electrons. The Morgan fingerprint density at radius 3 is 0.913 bits per heavy atom. The number of carbonyl (C=O) groups is 3. The van der Waals surface area contributed by atoms with E-state index < -0.39 is 6.10 Å². The summed E-state index contributed by atoms with van der Waals surface area (Å²) in [4.78, 5) is 38.2. The Kier molecular flexibility index (Phi) is 55.3. The number of carbonyl (C=O) groups excluding carboxylic acids is 3. The fourth-order valence-electron chi connectivity index (χ4n) is 8.55. The van der Waals surface area contributed by atoms with E-state index in [4.69, 9.17) is 14.2 Å². The lowest BCUT2D eigenvalue weighted by Crippen LogP contribution is -2.30. The number of esters is 3. The molecule has 0 saturated carbocycles. The van der Waals surface area contributed by atoms with Crippen LogP contribution in [0, 0.1) is 0 Å². The van der Waals surface area contributed by atoms with E-state index in [0.717, 1.165) is 109 Å². The second-order valence-corrected chi connectivity index (χ2v) is 19.9. The molecule has 6 heteroatoms. The van der Waals surface area contributed by atoms with Crippen molar-refractivity contribution in [3.05, 3.63) is 60.8 Å². The second kappa shape index (κ2) is 57.7. The number of allylic oxidation sites excluding steroid dienone is 10. The zero-order chi connectivity index (χ0) is 50.0. The number of unbranched alkanes of at least 4 members (excludes halogenated alkanes) is 33. The topological polar surface area (TPSA) is 78.9 Å². The third-order valence-electron chi connectivity index (χ3n) is 13.0. The lowest BCUT2D eigenvalue weighted by molar-refractivity contribution is -0.167. The van der Waals surface area contributed by atoms with Gasteiger partial charge >= 0.3 is 17.9 Å².